The van der Waals surface area contributed by atoms with Crippen molar-refractivity contribution in [2.24, 2.45) is 5.92 Å². The van der Waals surface area contributed by atoms with Crippen LogP contribution in [0.5, 0.6) is 5.75 Å². The molecular weight excluding hydrogens is 375 g/mol. The molecular formula is C19H26F3N3O3. The number of ether oxygens (including phenoxy) is 2. The van der Waals surface area contributed by atoms with Gasteiger partial charge in [-0.2, -0.15) is 13.2 Å². The van der Waals surface area contributed by atoms with Crippen LogP contribution in [-0.4, -0.2) is 56.9 Å². The van der Waals surface area contributed by atoms with Gasteiger partial charge in [0, 0.05) is 25.1 Å². The number of anilines is 1. The molecule has 2 fully saturated rings. The maximum Gasteiger partial charge on any atom is 0.418 e. The number of halogens is 3. The highest BCUT2D eigenvalue weighted by molar-refractivity contribution is 5.90. The van der Waals surface area contributed by atoms with Gasteiger partial charge in [0.15, 0.2) is 0 Å². The maximum absolute atomic E-state index is 13.3. The molecule has 2 heterocycles. The van der Waals surface area contributed by atoms with E-state index >= 15 is 0 Å². The van der Waals surface area contributed by atoms with Crippen molar-refractivity contribution in [2.45, 2.75) is 31.5 Å². The second-order valence-electron chi connectivity index (χ2n) is 7.18. The van der Waals surface area contributed by atoms with E-state index in [1.165, 1.54) is 19.2 Å². The van der Waals surface area contributed by atoms with Gasteiger partial charge < -0.3 is 20.1 Å². The molecule has 2 unspecified atom stereocenters. The Balaban J connectivity index is 1.64. The van der Waals surface area contributed by atoms with Gasteiger partial charge in [-0.25, -0.2) is 4.79 Å². The molecule has 2 aliphatic rings. The number of alkyl halides is 3. The molecule has 2 N–H and O–H groups in total. The van der Waals surface area contributed by atoms with E-state index in [2.05, 4.69) is 15.5 Å². The van der Waals surface area contributed by atoms with E-state index in [4.69, 9.17) is 9.47 Å². The largest absolute Gasteiger partial charge is 0.497 e. The number of amides is 2. The number of urea groups is 1. The van der Waals surface area contributed by atoms with Crippen molar-refractivity contribution in [1.82, 2.24) is 10.2 Å². The third-order valence-electron chi connectivity index (χ3n) is 5.37. The minimum Gasteiger partial charge on any atom is -0.497 e. The lowest BCUT2D eigenvalue weighted by Gasteiger charge is -2.32. The minimum atomic E-state index is -4.60. The van der Waals surface area contributed by atoms with Gasteiger partial charge in [-0.3, -0.25) is 4.90 Å². The summed E-state index contributed by atoms with van der Waals surface area (Å²) in [5, 5.41) is 5.08. The highest BCUT2D eigenvalue weighted by atomic mass is 19.4. The van der Waals surface area contributed by atoms with Crippen LogP contribution in [0.1, 0.15) is 24.8 Å². The van der Waals surface area contributed by atoms with Crippen molar-refractivity contribution < 1.29 is 27.4 Å². The molecule has 2 saturated heterocycles. The smallest absolute Gasteiger partial charge is 0.418 e. The number of carbonyl (C=O) groups excluding carboxylic acids is 1. The summed E-state index contributed by atoms with van der Waals surface area (Å²) in [6, 6.07) is 2.93. The van der Waals surface area contributed by atoms with E-state index in [1.54, 1.807) is 0 Å². The lowest BCUT2D eigenvalue weighted by molar-refractivity contribution is -0.137. The number of likely N-dealkylation sites (tertiary alicyclic amines) is 1. The average Bonchev–Trinajstić information content (AvgIpc) is 3.36. The van der Waals surface area contributed by atoms with E-state index in [1.807, 2.05) is 0 Å². The molecule has 3 rings (SSSR count). The number of nitrogens with one attached hydrogen (secondary N) is 2. The first-order valence-corrected chi connectivity index (χ1v) is 9.50. The molecule has 0 radical (unpaired) electrons. The van der Waals surface area contributed by atoms with Crippen LogP contribution < -0.4 is 15.4 Å². The van der Waals surface area contributed by atoms with Gasteiger partial charge in [-0.05, 0) is 50.6 Å². The van der Waals surface area contributed by atoms with Crippen LogP contribution in [0.2, 0.25) is 0 Å². The van der Waals surface area contributed by atoms with Crippen molar-refractivity contribution in [3.63, 3.8) is 0 Å². The number of rotatable bonds is 6. The highest BCUT2D eigenvalue weighted by Gasteiger charge is 2.35. The summed E-state index contributed by atoms with van der Waals surface area (Å²) >= 11 is 0. The number of hydrogen-bond donors (Lipinski definition) is 2. The quantitative estimate of drug-likeness (QED) is 0.768. The van der Waals surface area contributed by atoms with Crippen molar-refractivity contribution in [3.8, 4) is 5.75 Å². The van der Waals surface area contributed by atoms with E-state index in [0.717, 1.165) is 38.4 Å². The summed E-state index contributed by atoms with van der Waals surface area (Å²) in [5.74, 6) is 0.402. The fourth-order valence-electron chi connectivity index (χ4n) is 3.88. The van der Waals surface area contributed by atoms with Gasteiger partial charge in [-0.1, -0.05) is 0 Å². The van der Waals surface area contributed by atoms with Crippen LogP contribution in [0, 0.1) is 5.92 Å². The molecule has 2 aliphatic heterocycles. The zero-order valence-corrected chi connectivity index (χ0v) is 15.8. The molecule has 9 heteroatoms. The zero-order chi connectivity index (χ0) is 20.1. The summed E-state index contributed by atoms with van der Waals surface area (Å²) in [6.45, 7) is 3.68. The standard InChI is InChI=1S/C19H26F3N3O3/c1-27-14-4-5-16(15(10-14)19(20,21)22)24-18(26)23-11-17(13-6-9-28-12-13)25-7-2-3-8-25/h4-5,10,13,17H,2-3,6-9,11-12H2,1H3,(H2,23,24,26). The molecule has 0 bridgehead atoms. The van der Waals surface area contributed by atoms with Gasteiger partial charge in [0.25, 0.3) is 0 Å². The normalized spacial score (nSPS) is 21.5. The average molecular weight is 401 g/mol. The highest BCUT2D eigenvalue weighted by Crippen LogP contribution is 2.37. The van der Waals surface area contributed by atoms with Crippen LogP contribution in [0.15, 0.2) is 18.2 Å². The Labute approximate surface area is 162 Å². The van der Waals surface area contributed by atoms with Crippen LogP contribution in [-0.2, 0) is 10.9 Å². The molecule has 0 spiro atoms. The second kappa shape index (κ2) is 9.00. The molecule has 6 nitrogen and oxygen atoms in total. The van der Waals surface area contributed by atoms with Crippen LogP contribution in [0.25, 0.3) is 0 Å². The molecule has 2 amide bonds. The Morgan fingerprint density at radius 2 is 2.11 bits per heavy atom. The zero-order valence-electron chi connectivity index (χ0n) is 15.8. The van der Waals surface area contributed by atoms with Gasteiger partial charge >= 0.3 is 12.2 Å². The molecule has 156 valence electrons. The molecule has 2 atom stereocenters. The Morgan fingerprint density at radius 1 is 1.36 bits per heavy atom. The van der Waals surface area contributed by atoms with Crippen molar-refractivity contribution in [3.05, 3.63) is 23.8 Å². The number of carbonyl (C=O) groups is 1. The fraction of sp³-hybridized carbons (Fsp3) is 0.632. The number of methoxy groups -OCH3 is 1. The van der Waals surface area contributed by atoms with Crippen molar-refractivity contribution in [2.75, 3.05) is 45.3 Å². The van der Waals surface area contributed by atoms with Gasteiger partial charge in [0.1, 0.15) is 5.75 Å². The molecule has 0 aliphatic carbocycles. The van der Waals surface area contributed by atoms with Gasteiger partial charge in [0.05, 0.1) is 25.0 Å². The molecule has 1 aromatic rings. The third-order valence-corrected chi connectivity index (χ3v) is 5.37. The Bertz CT molecular complexity index is 656. The Morgan fingerprint density at radius 3 is 2.71 bits per heavy atom. The topological polar surface area (TPSA) is 62.8 Å². The van der Waals surface area contributed by atoms with Crippen LogP contribution in [0.3, 0.4) is 0 Å². The Kier molecular flexibility index (Phi) is 6.66. The number of benzene rings is 1. The summed E-state index contributed by atoms with van der Waals surface area (Å²) in [5.41, 5.74) is -1.24. The summed E-state index contributed by atoms with van der Waals surface area (Å²) in [6.07, 6.45) is -1.42. The summed E-state index contributed by atoms with van der Waals surface area (Å²) in [7, 11) is 1.29. The van der Waals surface area contributed by atoms with Gasteiger partial charge in [-0.15, -0.1) is 0 Å². The van der Waals surface area contributed by atoms with Crippen LogP contribution in [0.4, 0.5) is 23.7 Å². The second-order valence-corrected chi connectivity index (χ2v) is 7.18. The third kappa shape index (κ3) is 5.08. The lowest BCUT2D eigenvalue weighted by Crippen LogP contribution is -2.48. The molecule has 28 heavy (non-hydrogen) atoms. The van der Waals surface area contributed by atoms with Crippen molar-refractivity contribution in [1.29, 1.82) is 0 Å². The lowest BCUT2D eigenvalue weighted by atomic mass is 9.97. The molecule has 1 aromatic carbocycles. The van der Waals surface area contributed by atoms with Crippen LogP contribution >= 0.6 is 0 Å². The first kappa shape index (κ1) is 20.7. The van der Waals surface area contributed by atoms with E-state index < -0.39 is 17.8 Å². The Hall–Kier alpha value is -2.00. The summed E-state index contributed by atoms with van der Waals surface area (Å²) in [4.78, 5) is 14.7. The number of hydrogen-bond acceptors (Lipinski definition) is 4. The van der Waals surface area contributed by atoms with E-state index in [9.17, 15) is 18.0 Å². The first-order chi connectivity index (χ1) is 13.4. The van der Waals surface area contributed by atoms with E-state index in [0.29, 0.717) is 25.7 Å². The summed E-state index contributed by atoms with van der Waals surface area (Å²) < 4.78 is 50.2. The van der Waals surface area contributed by atoms with Crippen molar-refractivity contribution >= 4 is 11.7 Å². The number of nitrogens with zero attached hydrogens (tertiary/aromatic N) is 1. The van der Waals surface area contributed by atoms with Gasteiger partial charge in [0.2, 0.25) is 0 Å². The fourth-order valence-corrected chi connectivity index (χ4v) is 3.88. The van der Waals surface area contributed by atoms with E-state index in [-0.39, 0.29) is 17.5 Å². The predicted molar refractivity (Wildman–Crippen MR) is 98.5 cm³/mol. The first-order valence-electron chi connectivity index (χ1n) is 9.50. The molecule has 0 saturated carbocycles. The monoisotopic (exact) mass is 401 g/mol. The maximum atomic E-state index is 13.3. The minimum absolute atomic E-state index is 0.0774. The SMILES string of the molecule is COc1ccc(NC(=O)NCC(C2CCOC2)N2CCCC2)c(C(F)(F)F)c1. The predicted octanol–water partition coefficient (Wildman–Crippen LogP) is 3.34. The molecule has 0 aromatic heterocycles.